The Labute approximate surface area is 188 Å². The molecule has 2 N–H and O–H groups in total. The molecule has 1 aromatic rings. The van der Waals surface area contributed by atoms with Crippen LogP contribution < -0.4 is 4.74 Å². The van der Waals surface area contributed by atoms with Crippen LogP contribution in [0.15, 0.2) is 35.4 Å². The largest absolute Gasteiger partial charge is 0.508 e. The van der Waals surface area contributed by atoms with Crippen molar-refractivity contribution in [2.75, 3.05) is 0 Å². The fraction of sp³-hybridized carbons (Fsp3) is 0.593. The van der Waals surface area contributed by atoms with Crippen LogP contribution in [-0.4, -0.2) is 21.8 Å². The van der Waals surface area contributed by atoms with Crippen molar-refractivity contribution < 1.29 is 19.7 Å². The van der Waals surface area contributed by atoms with Gasteiger partial charge in [0.05, 0.1) is 5.92 Å². The van der Waals surface area contributed by atoms with E-state index in [4.69, 9.17) is 9.84 Å². The summed E-state index contributed by atoms with van der Waals surface area (Å²) in [7, 11) is 0. The van der Waals surface area contributed by atoms with Crippen LogP contribution in [0.25, 0.3) is 0 Å². The van der Waals surface area contributed by atoms with Gasteiger partial charge in [-0.15, -0.1) is 0 Å². The number of benzene rings is 1. The first-order chi connectivity index (χ1) is 14.6. The van der Waals surface area contributed by atoms with Crippen LogP contribution in [0.4, 0.5) is 0 Å². The minimum absolute atomic E-state index is 0.158. The van der Waals surface area contributed by atoms with Crippen molar-refractivity contribution in [2.24, 2.45) is 5.92 Å². The summed E-state index contributed by atoms with van der Waals surface area (Å²) in [5.74, 6) is 0.317. The number of allylic oxidation sites excluding steroid dienone is 4. The molecular formula is C27H40O4. The quantitative estimate of drug-likeness (QED) is 0.368. The Kier molecular flexibility index (Phi) is 9.21. The van der Waals surface area contributed by atoms with E-state index in [1.807, 2.05) is 13.0 Å². The van der Waals surface area contributed by atoms with E-state index in [0.717, 1.165) is 74.7 Å². The van der Waals surface area contributed by atoms with Crippen LogP contribution in [0, 0.1) is 12.8 Å². The summed E-state index contributed by atoms with van der Waals surface area (Å²) >= 11 is 0. The first-order valence-corrected chi connectivity index (χ1v) is 11.7. The van der Waals surface area contributed by atoms with Gasteiger partial charge in [0.15, 0.2) is 0 Å². The van der Waals surface area contributed by atoms with Gasteiger partial charge in [-0.3, -0.25) is 4.79 Å². The monoisotopic (exact) mass is 428 g/mol. The number of aromatic hydroxyl groups is 1. The van der Waals surface area contributed by atoms with Crippen molar-refractivity contribution >= 4 is 5.97 Å². The van der Waals surface area contributed by atoms with Crippen LogP contribution in [0.3, 0.4) is 0 Å². The van der Waals surface area contributed by atoms with Crippen LogP contribution >= 0.6 is 0 Å². The van der Waals surface area contributed by atoms with Gasteiger partial charge in [-0.25, -0.2) is 0 Å². The molecule has 2 atom stereocenters. The second-order valence-electron chi connectivity index (χ2n) is 9.61. The zero-order chi connectivity index (χ0) is 23.0. The minimum atomic E-state index is -0.700. The highest BCUT2D eigenvalue weighted by atomic mass is 16.5. The predicted octanol–water partition coefficient (Wildman–Crippen LogP) is 7.13. The molecule has 0 aliphatic carbocycles. The predicted molar refractivity (Wildman–Crippen MR) is 127 cm³/mol. The summed E-state index contributed by atoms with van der Waals surface area (Å²) in [5, 5.41) is 18.7. The number of fused-ring (bicyclic) bond motifs is 1. The molecule has 2 unspecified atom stereocenters. The van der Waals surface area contributed by atoms with E-state index >= 15 is 0 Å². The molecule has 1 heterocycles. The Morgan fingerprint density at radius 3 is 2.58 bits per heavy atom. The van der Waals surface area contributed by atoms with Crippen molar-refractivity contribution in [3.63, 3.8) is 0 Å². The molecule has 4 nitrogen and oxygen atoms in total. The molecule has 0 saturated heterocycles. The van der Waals surface area contributed by atoms with Crippen LogP contribution in [0.2, 0.25) is 0 Å². The van der Waals surface area contributed by atoms with Crippen LogP contribution in [0.5, 0.6) is 11.5 Å². The zero-order valence-electron chi connectivity index (χ0n) is 20.0. The molecule has 0 spiro atoms. The van der Waals surface area contributed by atoms with E-state index in [-0.39, 0.29) is 11.5 Å². The van der Waals surface area contributed by atoms with E-state index in [0.29, 0.717) is 5.75 Å². The Morgan fingerprint density at radius 1 is 1.19 bits per heavy atom. The number of ether oxygens (including phenoxy) is 1. The van der Waals surface area contributed by atoms with E-state index in [1.54, 1.807) is 13.0 Å². The molecule has 1 aliphatic rings. The van der Waals surface area contributed by atoms with Gasteiger partial charge in [-0.1, -0.05) is 30.2 Å². The summed E-state index contributed by atoms with van der Waals surface area (Å²) in [5.41, 5.74) is 4.72. The van der Waals surface area contributed by atoms with Crippen molar-refractivity contribution in [3.8, 4) is 11.5 Å². The van der Waals surface area contributed by atoms with E-state index < -0.39 is 5.97 Å². The standard InChI is InChI=1S/C27H40O4/c1-19(11-7-13-21(3)26(29)30)9-6-10-20(2)12-8-15-27(5)16-14-23-18-24(28)17-22(4)25(23)31-27/h9,12,17-18,21,28H,6-8,10-11,13-16H2,1-5H3,(H,29,30). The SMILES string of the molecule is CC(=CCCC1(C)CCc2cc(O)cc(C)c2O1)CCC=C(C)CCCC(C)C(=O)O. The lowest BCUT2D eigenvalue weighted by Gasteiger charge is -2.36. The highest BCUT2D eigenvalue weighted by Crippen LogP contribution is 2.39. The van der Waals surface area contributed by atoms with E-state index in [9.17, 15) is 9.90 Å². The molecule has 2 rings (SSSR count). The number of phenolic OH excluding ortho intramolecular Hbond substituents is 1. The Hall–Kier alpha value is -2.23. The number of carboxylic acid groups (broad SMARTS) is 1. The van der Waals surface area contributed by atoms with Gasteiger partial charge in [-0.2, -0.15) is 0 Å². The molecule has 4 heteroatoms. The fourth-order valence-corrected chi connectivity index (χ4v) is 4.22. The number of hydrogen-bond donors (Lipinski definition) is 2. The Balaban J connectivity index is 1.74. The molecule has 0 aromatic heterocycles. The minimum Gasteiger partial charge on any atom is -0.508 e. The first-order valence-electron chi connectivity index (χ1n) is 11.7. The molecule has 0 amide bonds. The van der Waals surface area contributed by atoms with Gasteiger partial charge < -0.3 is 14.9 Å². The van der Waals surface area contributed by atoms with Gasteiger partial charge in [0, 0.05) is 0 Å². The smallest absolute Gasteiger partial charge is 0.306 e. The molecule has 0 radical (unpaired) electrons. The summed E-state index contributed by atoms with van der Waals surface area (Å²) in [6.07, 6.45) is 13.3. The number of carbonyl (C=O) groups is 1. The summed E-state index contributed by atoms with van der Waals surface area (Å²) < 4.78 is 6.38. The number of phenols is 1. The maximum Gasteiger partial charge on any atom is 0.306 e. The van der Waals surface area contributed by atoms with Gasteiger partial charge in [0.1, 0.15) is 17.1 Å². The molecule has 172 valence electrons. The third-order valence-electron chi connectivity index (χ3n) is 6.44. The lowest BCUT2D eigenvalue weighted by Crippen LogP contribution is -2.36. The first kappa shape index (κ1) is 25.0. The molecule has 31 heavy (non-hydrogen) atoms. The number of carboxylic acids is 1. The van der Waals surface area contributed by atoms with Gasteiger partial charge in [0.25, 0.3) is 0 Å². The third kappa shape index (κ3) is 8.08. The van der Waals surface area contributed by atoms with Gasteiger partial charge >= 0.3 is 5.97 Å². The number of aryl methyl sites for hydroxylation is 2. The van der Waals surface area contributed by atoms with Crippen molar-refractivity contribution in [3.05, 3.63) is 46.6 Å². The maximum atomic E-state index is 10.9. The zero-order valence-corrected chi connectivity index (χ0v) is 20.0. The Bertz CT molecular complexity index is 821. The second-order valence-corrected chi connectivity index (χ2v) is 9.61. The summed E-state index contributed by atoms with van der Waals surface area (Å²) in [6, 6.07) is 3.60. The lowest BCUT2D eigenvalue weighted by atomic mass is 9.87. The fourth-order valence-electron chi connectivity index (χ4n) is 4.22. The molecule has 0 bridgehead atoms. The normalized spacial score (nSPS) is 20.2. The maximum absolute atomic E-state index is 10.9. The highest BCUT2D eigenvalue weighted by molar-refractivity contribution is 5.69. The van der Waals surface area contributed by atoms with Crippen LogP contribution in [-0.2, 0) is 11.2 Å². The average Bonchev–Trinajstić information content (AvgIpc) is 2.68. The summed E-state index contributed by atoms with van der Waals surface area (Å²) in [4.78, 5) is 10.9. The molecule has 0 fully saturated rings. The van der Waals surface area contributed by atoms with Crippen molar-refractivity contribution in [1.82, 2.24) is 0 Å². The molecule has 0 saturated carbocycles. The molecular weight excluding hydrogens is 388 g/mol. The highest BCUT2D eigenvalue weighted by Gasteiger charge is 2.32. The van der Waals surface area contributed by atoms with Crippen molar-refractivity contribution in [2.45, 2.75) is 98.0 Å². The lowest BCUT2D eigenvalue weighted by molar-refractivity contribution is -0.141. The van der Waals surface area contributed by atoms with Crippen LogP contribution in [0.1, 0.15) is 90.2 Å². The Morgan fingerprint density at radius 2 is 1.87 bits per heavy atom. The average molecular weight is 429 g/mol. The van der Waals surface area contributed by atoms with E-state index in [2.05, 4.69) is 32.9 Å². The van der Waals surface area contributed by atoms with Crippen molar-refractivity contribution in [1.29, 1.82) is 0 Å². The number of aliphatic carboxylic acids is 1. The van der Waals surface area contributed by atoms with Gasteiger partial charge in [0.2, 0.25) is 0 Å². The number of hydrogen-bond acceptors (Lipinski definition) is 3. The second kappa shape index (κ2) is 11.4. The molecule has 1 aromatic carbocycles. The third-order valence-corrected chi connectivity index (χ3v) is 6.44. The van der Waals surface area contributed by atoms with E-state index in [1.165, 1.54) is 11.1 Å². The topological polar surface area (TPSA) is 66.8 Å². The number of rotatable bonds is 11. The summed E-state index contributed by atoms with van der Waals surface area (Å²) in [6.45, 7) is 10.3. The van der Waals surface area contributed by atoms with Gasteiger partial charge in [-0.05, 0) is 109 Å². The molecule has 1 aliphatic heterocycles.